The van der Waals surface area contributed by atoms with E-state index in [0.717, 1.165) is 78.3 Å². The van der Waals surface area contributed by atoms with Gasteiger partial charge in [0, 0.05) is 56.0 Å². The summed E-state index contributed by atoms with van der Waals surface area (Å²) in [5.41, 5.74) is 13.4. The minimum Gasteiger partial charge on any atom is -0.310 e. The SMILES string of the molecule is c1ccc(N(c2ccccc2)c2ccc3c(c2)c2c(c4cc(N(c5ccc6ccccc6c5)c5ccc6ccccc6c5)ccc4n2-c2ccc4ccccc4c2)n3-c2cccc3ccccc23)cc1. The molecule has 0 unspecified atom stereocenters. The van der Waals surface area contributed by atoms with Crippen molar-refractivity contribution >= 4 is 110 Å². The van der Waals surface area contributed by atoms with E-state index in [2.05, 4.69) is 286 Å². The van der Waals surface area contributed by atoms with Crippen LogP contribution in [0.5, 0.6) is 0 Å². The fourth-order valence-corrected chi connectivity index (χ4v) is 11.0. The molecule has 0 aliphatic heterocycles. The molecule has 0 aliphatic carbocycles. The van der Waals surface area contributed by atoms with Crippen molar-refractivity contribution in [3.63, 3.8) is 0 Å². The van der Waals surface area contributed by atoms with Gasteiger partial charge in [-0.05, 0) is 141 Å². The zero-order valence-corrected chi connectivity index (χ0v) is 38.2. The van der Waals surface area contributed by atoms with Gasteiger partial charge in [0.2, 0.25) is 0 Å². The van der Waals surface area contributed by atoms with Gasteiger partial charge in [0.15, 0.2) is 0 Å². The third kappa shape index (κ3) is 6.46. The van der Waals surface area contributed by atoms with Crippen molar-refractivity contribution in [2.24, 2.45) is 0 Å². The highest BCUT2D eigenvalue weighted by molar-refractivity contribution is 6.22. The van der Waals surface area contributed by atoms with Crippen LogP contribution in [0.3, 0.4) is 0 Å². The zero-order chi connectivity index (χ0) is 46.1. The molecule has 14 rings (SSSR count). The van der Waals surface area contributed by atoms with Gasteiger partial charge in [-0.2, -0.15) is 0 Å². The molecule has 2 aromatic heterocycles. The van der Waals surface area contributed by atoms with E-state index < -0.39 is 0 Å². The van der Waals surface area contributed by atoms with Gasteiger partial charge in [0.25, 0.3) is 0 Å². The molecular weight excluding hydrogens is 849 g/mol. The Morgan fingerprint density at radius 1 is 0.229 bits per heavy atom. The van der Waals surface area contributed by atoms with Crippen LogP contribution in [0, 0.1) is 0 Å². The third-order valence-corrected chi connectivity index (χ3v) is 14.2. The molecule has 70 heavy (non-hydrogen) atoms. The van der Waals surface area contributed by atoms with Crippen molar-refractivity contribution in [1.82, 2.24) is 9.13 Å². The summed E-state index contributed by atoms with van der Waals surface area (Å²) in [7, 11) is 0. The Morgan fingerprint density at radius 3 is 1.20 bits per heavy atom. The van der Waals surface area contributed by atoms with Crippen LogP contribution in [0.25, 0.3) is 87.3 Å². The predicted molar refractivity (Wildman–Crippen MR) is 297 cm³/mol. The van der Waals surface area contributed by atoms with Gasteiger partial charge in [-0.3, -0.25) is 0 Å². The van der Waals surface area contributed by atoms with Gasteiger partial charge >= 0.3 is 0 Å². The number of hydrogen-bond acceptors (Lipinski definition) is 2. The highest BCUT2D eigenvalue weighted by Crippen LogP contribution is 2.47. The molecule has 0 radical (unpaired) electrons. The Bertz CT molecular complexity index is 4190. The quantitative estimate of drug-likeness (QED) is 0.151. The summed E-state index contributed by atoms with van der Waals surface area (Å²) in [4.78, 5) is 4.80. The molecule has 0 N–H and O–H groups in total. The van der Waals surface area contributed by atoms with Gasteiger partial charge in [-0.15, -0.1) is 0 Å². The zero-order valence-electron chi connectivity index (χ0n) is 38.2. The molecule has 0 atom stereocenters. The van der Waals surface area contributed by atoms with Crippen molar-refractivity contribution in [1.29, 1.82) is 0 Å². The minimum atomic E-state index is 1.07. The molecule has 12 aromatic carbocycles. The molecule has 0 fully saturated rings. The fourth-order valence-electron chi connectivity index (χ4n) is 11.0. The number of rotatable bonds is 8. The van der Waals surface area contributed by atoms with E-state index in [0.29, 0.717) is 0 Å². The van der Waals surface area contributed by atoms with Crippen LogP contribution >= 0.6 is 0 Å². The molecule has 2 heterocycles. The van der Waals surface area contributed by atoms with Crippen LogP contribution in [0.1, 0.15) is 0 Å². The predicted octanol–water partition coefficient (Wildman–Crippen LogP) is 18.3. The second kappa shape index (κ2) is 16.2. The van der Waals surface area contributed by atoms with E-state index in [1.54, 1.807) is 0 Å². The molecule has 328 valence electrons. The van der Waals surface area contributed by atoms with Gasteiger partial charge in [-0.1, -0.05) is 164 Å². The van der Waals surface area contributed by atoms with Crippen molar-refractivity contribution in [3.05, 3.63) is 267 Å². The fraction of sp³-hybridized carbons (Fsp3) is 0. The van der Waals surface area contributed by atoms with E-state index >= 15 is 0 Å². The molecule has 0 bridgehead atoms. The monoisotopic (exact) mass is 892 g/mol. The third-order valence-electron chi connectivity index (χ3n) is 14.2. The number of aromatic nitrogens is 2. The van der Waals surface area contributed by atoms with Crippen molar-refractivity contribution in [2.75, 3.05) is 9.80 Å². The van der Waals surface area contributed by atoms with Crippen molar-refractivity contribution in [3.8, 4) is 11.4 Å². The number of fused-ring (bicyclic) bond motifs is 9. The number of benzene rings is 12. The molecule has 0 amide bonds. The smallest absolute Gasteiger partial charge is 0.0804 e. The molecule has 0 spiro atoms. The van der Waals surface area contributed by atoms with Gasteiger partial charge in [-0.25, -0.2) is 0 Å². The van der Waals surface area contributed by atoms with Gasteiger partial charge in [0.05, 0.1) is 27.8 Å². The first-order chi connectivity index (χ1) is 34.7. The van der Waals surface area contributed by atoms with E-state index in [-0.39, 0.29) is 0 Å². The lowest BCUT2D eigenvalue weighted by Crippen LogP contribution is -2.10. The highest BCUT2D eigenvalue weighted by Gasteiger charge is 2.26. The van der Waals surface area contributed by atoms with Crippen LogP contribution in [0.2, 0.25) is 0 Å². The molecular formula is C66H44N4. The Balaban J connectivity index is 1.12. The van der Waals surface area contributed by atoms with Crippen LogP contribution in [-0.2, 0) is 0 Å². The Labute approximate surface area is 405 Å². The average Bonchev–Trinajstić information content (AvgIpc) is 3.94. The lowest BCUT2D eigenvalue weighted by atomic mass is 10.1. The lowest BCUT2D eigenvalue weighted by Gasteiger charge is -2.26. The van der Waals surface area contributed by atoms with Crippen molar-refractivity contribution in [2.45, 2.75) is 0 Å². The van der Waals surface area contributed by atoms with Crippen LogP contribution in [0.15, 0.2) is 267 Å². The minimum absolute atomic E-state index is 1.07. The maximum absolute atomic E-state index is 2.53. The first-order valence-electron chi connectivity index (χ1n) is 24.0. The largest absolute Gasteiger partial charge is 0.310 e. The second-order valence-electron chi connectivity index (χ2n) is 18.2. The average molecular weight is 893 g/mol. The summed E-state index contributed by atoms with van der Waals surface area (Å²) < 4.78 is 5.05. The second-order valence-corrected chi connectivity index (χ2v) is 18.2. The summed E-state index contributed by atoms with van der Waals surface area (Å²) in [6.07, 6.45) is 0. The van der Waals surface area contributed by atoms with E-state index in [9.17, 15) is 0 Å². The Morgan fingerprint density at radius 2 is 0.629 bits per heavy atom. The summed E-state index contributed by atoms with van der Waals surface area (Å²) in [5, 5.41) is 11.9. The summed E-state index contributed by atoms with van der Waals surface area (Å²) in [5.74, 6) is 0. The summed E-state index contributed by atoms with van der Waals surface area (Å²) in [6.45, 7) is 0. The van der Waals surface area contributed by atoms with Crippen molar-refractivity contribution < 1.29 is 0 Å². The molecule has 14 aromatic rings. The molecule has 4 heteroatoms. The van der Waals surface area contributed by atoms with Crippen LogP contribution in [-0.4, -0.2) is 9.13 Å². The van der Waals surface area contributed by atoms with Crippen LogP contribution in [0.4, 0.5) is 34.1 Å². The van der Waals surface area contributed by atoms with Gasteiger partial charge < -0.3 is 18.9 Å². The van der Waals surface area contributed by atoms with Gasteiger partial charge in [0.1, 0.15) is 0 Å². The van der Waals surface area contributed by atoms with Crippen LogP contribution < -0.4 is 9.80 Å². The molecule has 4 nitrogen and oxygen atoms in total. The molecule has 0 aliphatic rings. The van der Waals surface area contributed by atoms with E-state index in [1.165, 1.54) is 43.1 Å². The molecule has 0 saturated carbocycles. The first kappa shape index (κ1) is 39.8. The Hall–Kier alpha value is -9.38. The Kier molecular flexibility index (Phi) is 9.17. The van der Waals surface area contributed by atoms with E-state index in [1.807, 2.05) is 0 Å². The summed E-state index contributed by atoms with van der Waals surface area (Å²) in [6, 6.07) is 97.5. The molecule has 0 saturated heterocycles. The lowest BCUT2D eigenvalue weighted by molar-refractivity contribution is 1.18. The number of hydrogen-bond donors (Lipinski definition) is 0. The maximum Gasteiger partial charge on any atom is 0.0804 e. The maximum atomic E-state index is 2.53. The normalized spacial score (nSPS) is 11.7. The van der Waals surface area contributed by atoms with E-state index in [4.69, 9.17) is 0 Å². The number of para-hydroxylation sites is 2. The standard InChI is InChI=1S/C66H44N4/c1-3-24-52(25-4-1)67(53-26-5-2-6-27-53)57-37-39-64-61(43-57)65-66(70(64)62-29-15-23-48-19-13-14-28-59(48)62)60-44-58(36-38-63(60)69(65)56-35-32-47-18-9-12-22-51(47)42-56)68(54-33-30-45-16-7-10-20-49(45)40-54)55-34-31-46-17-8-11-21-50(46)41-55/h1-44H. The summed E-state index contributed by atoms with van der Waals surface area (Å²) >= 11 is 0. The highest BCUT2D eigenvalue weighted by atomic mass is 15.2. The topological polar surface area (TPSA) is 16.3 Å². The first-order valence-corrected chi connectivity index (χ1v) is 24.0. The number of anilines is 6. The number of nitrogens with zero attached hydrogens (tertiary/aromatic N) is 4.